The van der Waals surface area contributed by atoms with Crippen molar-refractivity contribution in [2.45, 2.75) is 0 Å². The second-order valence-electron chi connectivity index (χ2n) is 4.54. The lowest BCUT2D eigenvalue weighted by molar-refractivity contribution is 0.101. The van der Waals surface area contributed by atoms with Crippen LogP contribution < -0.4 is 5.32 Å². The van der Waals surface area contributed by atoms with Gasteiger partial charge in [-0.3, -0.25) is 4.79 Å². The molecule has 0 bridgehead atoms. The number of aromatic nitrogens is 1. The molecule has 1 heterocycles. The Morgan fingerprint density at radius 2 is 1.77 bits per heavy atom. The van der Waals surface area contributed by atoms with Gasteiger partial charge in [0.15, 0.2) is 11.5 Å². The summed E-state index contributed by atoms with van der Waals surface area (Å²) in [6, 6.07) is 13.9. The van der Waals surface area contributed by atoms with Crippen molar-refractivity contribution >= 4 is 23.2 Å². The van der Waals surface area contributed by atoms with Crippen molar-refractivity contribution in [3.05, 3.63) is 71.1 Å². The third kappa shape index (κ3) is 3.15. The minimum Gasteiger partial charge on any atom is -0.355 e. The van der Waals surface area contributed by atoms with E-state index in [-0.39, 0.29) is 11.5 Å². The Labute approximate surface area is 130 Å². The van der Waals surface area contributed by atoms with Gasteiger partial charge in [-0.2, -0.15) is 0 Å². The molecule has 6 heteroatoms. The van der Waals surface area contributed by atoms with Gasteiger partial charge in [0, 0.05) is 22.3 Å². The van der Waals surface area contributed by atoms with Gasteiger partial charge in [-0.15, -0.1) is 0 Å². The van der Waals surface area contributed by atoms with Gasteiger partial charge < -0.3 is 9.84 Å². The predicted octanol–water partition coefficient (Wildman–Crippen LogP) is 4.39. The quantitative estimate of drug-likeness (QED) is 0.779. The molecule has 0 radical (unpaired) electrons. The summed E-state index contributed by atoms with van der Waals surface area (Å²) in [5.41, 5.74) is 1.37. The fourth-order valence-corrected chi connectivity index (χ4v) is 1.99. The fourth-order valence-electron chi connectivity index (χ4n) is 1.86. The SMILES string of the molecule is O=C(Nc1ccc(Cl)cc1)c1cc(-c2ccc(F)cc2)on1. The van der Waals surface area contributed by atoms with E-state index in [1.54, 1.807) is 36.4 Å². The number of nitrogens with zero attached hydrogens (tertiary/aromatic N) is 1. The van der Waals surface area contributed by atoms with Crippen LogP contribution >= 0.6 is 11.6 Å². The topological polar surface area (TPSA) is 55.1 Å². The van der Waals surface area contributed by atoms with Gasteiger partial charge in [0.25, 0.3) is 5.91 Å². The third-order valence-electron chi connectivity index (χ3n) is 2.97. The van der Waals surface area contributed by atoms with Crippen molar-refractivity contribution in [1.29, 1.82) is 0 Å². The highest BCUT2D eigenvalue weighted by molar-refractivity contribution is 6.30. The Morgan fingerprint density at radius 3 is 2.45 bits per heavy atom. The van der Waals surface area contributed by atoms with Gasteiger partial charge in [-0.1, -0.05) is 16.8 Å². The van der Waals surface area contributed by atoms with E-state index in [4.69, 9.17) is 16.1 Å². The maximum atomic E-state index is 12.9. The molecule has 0 saturated carbocycles. The lowest BCUT2D eigenvalue weighted by Crippen LogP contribution is -2.11. The van der Waals surface area contributed by atoms with Crippen LogP contribution in [0.2, 0.25) is 5.02 Å². The highest BCUT2D eigenvalue weighted by Gasteiger charge is 2.14. The van der Waals surface area contributed by atoms with Gasteiger partial charge in [-0.25, -0.2) is 4.39 Å². The minimum absolute atomic E-state index is 0.134. The normalized spacial score (nSPS) is 10.5. The van der Waals surface area contributed by atoms with E-state index in [0.717, 1.165) is 0 Å². The first kappa shape index (κ1) is 14.3. The predicted molar refractivity (Wildman–Crippen MR) is 81.3 cm³/mol. The number of nitrogens with one attached hydrogen (secondary N) is 1. The Kier molecular flexibility index (Phi) is 3.89. The molecule has 0 atom stereocenters. The summed E-state index contributed by atoms with van der Waals surface area (Å²) in [6.45, 7) is 0. The van der Waals surface area contributed by atoms with Crippen LogP contribution in [-0.4, -0.2) is 11.1 Å². The zero-order valence-electron chi connectivity index (χ0n) is 11.2. The lowest BCUT2D eigenvalue weighted by atomic mass is 10.1. The number of hydrogen-bond acceptors (Lipinski definition) is 3. The first-order valence-corrected chi connectivity index (χ1v) is 6.79. The average molecular weight is 317 g/mol. The van der Waals surface area contributed by atoms with E-state index in [1.165, 1.54) is 18.2 Å². The van der Waals surface area contributed by atoms with E-state index in [2.05, 4.69) is 10.5 Å². The molecule has 110 valence electrons. The lowest BCUT2D eigenvalue weighted by Gasteiger charge is -2.01. The molecule has 0 spiro atoms. The fraction of sp³-hybridized carbons (Fsp3) is 0. The number of amides is 1. The third-order valence-corrected chi connectivity index (χ3v) is 3.23. The maximum absolute atomic E-state index is 12.9. The second kappa shape index (κ2) is 5.99. The van der Waals surface area contributed by atoms with E-state index in [0.29, 0.717) is 22.0 Å². The van der Waals surface area contributed by atoms with E-state index >= 15 is 0 Å². The summed E-state index contributed by atoms with van der Waals surface area (Å²) < 4.78 is 18.0. The molecule has 0 saturated heterocycles. The highest BCUT2D eigenvalue weighted by atomic mass is 35.5. The molecule has 3 aromatic rings. The van der Waals surface area contributed by atoms with E-state index < -0.39 is 5.91 Å². The molecule has 1 N–H and O–H groups in total. The average Bonchev–Trinajstić information content (AvgIpc) is 3.00. The molecule has 3 rings (SSSR count). The number of carbonyl (C=O) groups excluding carboxylic acids is 1. The number of carbonyl (C=O) groups is 1. The smallest absolute Gasteiger partial charge is 0.277 e. The van der Waals surface area contributed by atoms with Gasteiger partial charge in [0.1, 0.15) is 5.82 Å². The van der Waals surface area contributed by atoms with Gasteiger partial charge in [0.05, 0.1) is 0 Å². The number of anilines is 1. The Morgan fingerprint density at radius 1 is 1.09 bits per heavy atom. The number of hydrogen-bond donors (Lipinski definition) is 1. The summed E-state index contributed by atoms with van der Waals surface area (Å²) in [5.74, 6) is -0.357. The summed E-state index contributed by atoms with van der Waals surface area (Å²) in [7, 11) is 0. The van der Waals surface area contributed by atoms with Crippen molar-refractivity contribution in [1.82, 2.24) is 5.16 Å². The molecule has 0 unspecified atom stereocenters. The van der Waals surface area contributed by atoms with Crippen LogP contribution in [0.25, 0.3) is 11.3 Å². The van der Waals surface area contributed by atoms with Crippen molar-refractivity contribution in [3.8, 4) is 11.3 Å². The van der Waals surface area contributed by atoms with Crippen LogP contribution in [0.5, 0.6) is 0 Å². The van der Waals surface area contributed by atoms with E-state index in [9.17, 15) is 9.18 Å². The molecule has 2 aromatic carbocycles. The van der Waals surface area contributed by atoms with Crippen molar-refractivity contribution in [2.75, 3.05) is 5.32 Å². The zero-order chi connectivity index (χ0) is 15.5. The van der Waals surface area contributed by atoms with E-state index in [1.807, 2.05) is 0 Å². The number of benzene rings is 2. The van der Waals surface area contributed by atoms with Crippen LogP contribution in [0, 0.1) is 5.82 Å². The summed E-state index contributed by atoms with van der Waals surface area (Å²) in [6.07, 6.45) is 0. The summed E-state index contributed by atoms with van der Waals surface area (Å²) in [4.78, 5) is 12.1. The molecule has 4 nitrogen and oxygen atoms in total. The summed E-state index contributed by atoms with van der Waals surface area (Å²) in [5, 5.41) is 6.98. The maximum Gasteiger partial charge on any atom is 0.277 e. The van der Waals surface area contributed by atoms with Crippen molar-refractivity contribution in [3.63, 3.8) is 0 Å². The highest BCUT2D eigenvalue weighted by Crippen LogP contribution is 2.21. The van der Waals surface area contributed by atoms with Crippen molar-refractivity contribution in [2.24, 2.45) is 0 Å². The van der Waals surface area contributed by atoms with Crippen LogP contribution in [0.4, 0.5) is 10.1 Å². The van der Waals surface area contributed by atoms with Gasteiger partial charge >= 0.3 is 0 Å². The van der Waals surface area contributed by atoms with Gasteiger partial charge in [-0.05, 0) is 48.5 Å². The zero-order valence-corrected chi connectivity index (χ0v) is 12.0. The molecule has 0 aliphatic carbocycles. The molecule has 0 aliphatic rings. The molecule has 1 aromatic heterocycles. The Bertz CT molecular complexity index is 798. The molecular formula is C16H10ClFN2O2. The molecular weight excluding hydrogens is 307 g/mol. The minimum atomic E-state index is -0.403. The first-order valence-electron chi connectivity index (χ1n) is 6.41. The van der Waals surface area contributed by atoms with Crippen LogP contribution in [0.1, 0.15) is 10.5 Å². The molecule has 0 fully saturated rings. The second-order valence-corrected chi connectivity index (χ2v) is 4.98. The molecule has 0 aliphatic heterocycles. The standard InChI is InChI=1S/C16H10ClFN2O2/c17-11-3-7-13(8-4-11)19-16(21)14-9-15(22-20-14)10-1-5-12(18)6-2-10/h1-9H,(H,19,21). The first-order chi connectivity index (χ1) is 10.6. The monoisotopic (exact) mass is 316 g/mol. The summed E-state index contributed by atoms with van der Waals surface area (Å²) >= 11 is 5.78. The van der Waals surface area contributed by atoms with Crippen LogP contribution in [-0.2, 0) is 0 Å². The number of halogens is 2. The Balaban J connectivity index is 1.76. The van der Waals surface area contributed by atoms with Crippen LogP contribution in [0.3, 0.4) is 0 Å². The van der Waals surface area contributed by atoms with Crippen molar-refractivity contribution < 1.29 is 13.7 Å². The van der Waals surface area contributed by atoms with Gasteiger partial charge in [0.2, 0.25) is 0 Å². The van der Waals surface area contributed by atoms with Crippen LogP contribution in [0.15, 0.2) is 59.1 Å². The molecule has 1 amide bonds. The number of rotatable bonds is 3. The largest absolute Gasteiger partial charge is 0.355 e. The molecule has 22 heavy (non-hydrogen) atoms. The Hall–Kier alpha value is -2.66.